The smallest absolute Gasteiger partial charge is 0.283 e. The number of nitrogens with zero attached hydrogens (tertiary/aromatic N) is 4. The first-order valence-electron chi connectivity index (χ1n) is 11.0. The second-order valence-corrected chi connectivity index (χ2v) is 10.3. The van der Waals surface area contributed by atoms with Crippen LogP contribution in [0.5, 0.6) is 5.88 Å². The third-order valence-electron chi connectivity index (χ3n) is 5.47. The fourth-order valence-corrected chi connectivity index (χ4v) is 4.69. The highest BCUT2D eigenvalue weighted by Crippen LogP contribution is 2.33. The SMILES string of the molecule is COc1cc(-c2cc(F)cc(C(C)C)c2CC(=O)NS(=O)(=O)c2cc(C(=O)N(C)C)n(C)n2)ccn1. The van der Waals surface area contributed by atoms with E-state index in [4.69, 9.17) is 4.74 Å². The predicted octanol–water partition coefficient (Wildman–Crippen LogP) is 2.50. The number of aryl methyl sites for hydroxylation is 1. The molecule has 1 N–H and O–H groups in total. The van der Waals surface area contributed by atoms with Gasteiger partial charge in [-0.15, -0.1) is 0 Å². The van der Waals surface area contributed by atoms with Crippen molar-refractivity contribution in [1.29, 1.82) is 0 Å². The number of carbonyl (C=O) groups is 2. The molecule has 0 fully saturated rings. The molecular formula is C24H28FN5O5S. The first-order valence-corrected chi connectivity index (χ1v) is 12.5. The number of aromatic nitrogens is 3. The van der Waals surface area contributed by atoms with Crippen LogP contribution in [0, 0.1) is 5.82 Å². The molecular weight excluding hydrogens is 489 g/mol. The normalized spacial score (nSPS) is 11.4. The maximum Gasteiger partial charge on any atom is 0.283 e. The Morgan fingerprint density at radius 1 is 1.19 bits per heavy atom. The van der Waals surface area contributed by atoms with Crippen LogP contribution in [-0.4, -0.2) is 61.1 Å². The minimum atomic E-state index is -4.38. The molecule has 0 aliphatic rings. The molecule has 2 amide bonds. The Morgan fingerprint density at radius 2 is 1.89 bits per heavy atom. The lowest BCUT2D eigenvalue weighted by Crippen LogP contribution is -2.32. The first kappa shape index (κ1) is 26.8. The highest BCUT2D eigenvalue weighted by Gasteiger charge is 2.26. The van der Waals surface area contributed by atoms with Crippen molar-refractivity contribution in [2.24, 2.45) is 7.05 Å². The van der Waals surface area contributed by atoms with E-state index in [-0.39, 0.29) is 18.0 Å². The summed E-state index contributed by atoms with van der Waals surface area (Å²) in [6.07, 6.45) is 1.15. The number of halogens is 1. The molecule has 2 heterocycles. The largest absolute Gasteiger partial charge is 0.481 e. The Hall–Kier alpha value is -3.80. The summed E-state index contributed by atoms with van der Waals surface area (Å²) < 4.78 is 48.6. The number of carbonyl (C=O) groups excluding carboxylic acids is 2. The molecule has 192 valence electrons. The molecule has 0 spiro atoms. The van der Waals surface area contributed by atoms with E-state index in [2.05, 4.69) is 10.1 Å². The zero-order chi connectivity index (χ0) is 26.8. The van der Waals surface area contributed by atoms with Gasteiger partial charge >= 0.3 is 0 Å². The van der Waals surface area contributed by atoms with E-state index < -0.39 is 32.7 Å². The number of pyridine rings is 1. The zero-order valence-electron chi connectivity index (χ0n) is 20.9. The molecule has 36 heavy (non-hydrogen) atoms. The molecule has 0 saturated heterocycles. The second-order valence-electron chi connectivity index (χ2n) is 8.66. The first-order chi connectivity index (χ1) is 16.8. The van der Waals surface area contributed by atoms with Crippen molar-refractivity contribution in [3.05, 3.63) is 59.2 Å². The summed E-state index contributed by atoms with van der Waals surface area (Å²) in [6.45, 7) is 3.70. The summed E-state index contributed by atoms with van der Waals surface area (Å²) in [5.74, 6) is -1.62. The molecule has 0 unspecified atom stereocenters. The molecule has 0 aliphatic carbocycles. The number of hydrogen-bond donors (Lipinski definition) is 1. The summed E-state index contributed by atoms with van der Waals surface area (Å²) in [5.41, 5.74) is 2.05. The number of benzene rings is 1. The average Bonchev–Trinajstić information content (AvgIpc) is 3.21. The Morgan fingerprint density at radius 3 is 2.50 bits per heavy atom. The lowest BCUT2D eigenvalue weighted by atomic mass is 9.88. The van der Waals surface area contributed by atoms with Crippen molar-refractivity contribution in [3.8, 4) is 17.0 Å². The molecule has 2 aromatic heterocycles. The van der Waals surface area contributed by atoms with Crippen molar-refractivity contribution in [1.82, 2.24) is 24.4 Å². The van der Waals surface area contributed by atoms with Gasteiger partial charge in [0, 0.05) is 39.5 Å². The van der Waals surface area contributed by atoms with Gasteiger partial charge < -0.3 is 9.64 Å². The van der Waals surface area contributed by atoms with Crippen LogP contribution in [0.25, 0.3) is 11.1 Å². The van der Waals surface area contributed by atoms with E-state index in [1.807, 2.05) is 18.6 Å². The topological polar surface area (TPSA) is 123 Å². The lowest BCUT2D eigenvalue weighted by Gasteiger charge is -2.18. The van der Waals surface area contributed by atoms with Crippen molar-refractivity contribution in [3.63, 3.8) is 0 Å². The van der Waals surface area contributed by atoms with Crippen LogP contribution in [0.4, 0.5) is 4.39 Å². The van der Waals surface area contributed by atoms with E-state index >= 15 is 0 Å². The van der Waals surface area contributed by atoms with Gasteiger partial charge in [0.1, 0.15) is 11.5 Å². The van der Waals surface area contributed by atoms with Crippen LogP contribution in [0.15, 0.2) is 41.6 Å². The van der Waals surface area contributed by atoms with E-state index in [1.54, 1.807) is 12.1 Å². The minimum absolute atomic E-state index is 0.0439. The van der Waals surface area contributed by atoms with Gasteiger partial charge in [-0.05, 0) is 46.4 Å². The van der Waals surface area contributed by atoms with Crippen LogP contribution in [0.2, 0.25) is 0 Å². The maximum atomic E-state index is 14.5. The molecule has 10 nitrogen and oxygen atoms in total. The summed E-state index contributed by atoms with van der Waals surface area (Å²) in [7, 11) is 1.55. The Balaban J connectivity index is 1.98. The van der Waals surface area contributed by atoms with Gasteiger partial charge in [0.05, 0.1) is 13.5 Å². The quantitative estimate of drug-likeness (QED) is 0.487. The van der Waals surface area contributed by atoms with E-state index in [0.29, 0.717) is 28.1 Å². The van der Waals surface area contributed by atoms with Gasteiger partial charge in [0.25, 0.3) is 15.9 Å². The van der Waals surface area contributed by atoms with Gasteiger partial charge in [-0.3, -0.25) is 14.3 Å². The Bertz CT molecular complexity index is 1420. The van der Waals surface area contributed by atoms with Gasteiger partial charge in [0.2, 0.25) is 11.8 Å². The van der Waals surface area contributed by atoms with Crippen LogP contribution in [0.1, 0.15) is 41.4 Å². The van der Waals surface area contributed by atoms with E-state index in [0.717, 1.165) is 10.7 Å². The highest BCUT2D eigenvalue weighted by atomic mass is 32.2. The molecule has 1 aromatic carbocycles. The van der Waals surface area contributed by atoms with Gasteiger partial charge in [-0.2, -0.15) is 13.5 Å². The fourth-order valence-electron chi connectivity index (χ4n) is 3.72. The third-order valence-corrected chi connectivity index (χ3v) is 6.72. The average molecular weight is 518 g/mol. The zero-order valence-corrected chi connectivity index (χ0v) is 21.7. The fraction of sp³-hybridized carbons (Fsp3) is 0.333. The predicted molar refractivity (Wildman–Crippen MR) is 131 cm³/mol. The molecule has 0 saturated carbocycles. The van der Waals surface area contributed by atoms with E-state index in [1.165, 1.54) is 51.5 Å². The molecule has 12 heteroatoms. The molecule has 3 rings (SSSR count). The summed E-state index contributed by atoms with van der Waals surface area (Å²) in [5, 5.41) is 3.42. The molecule has 3 aromatic rings. The molecule has 0 bridgehead atoms. The monoisotopic (exact) mass is 517 g/mol. The van der Waals surface area contributed by atoms with Crippen LogP contribution < -0.4 is 9.46 Å². The van der Waals surface area contributed by atoms with Gasteiger partial charge in [0.15, 0.2) is 5.03 Å². The van der Waals surface area contributed by atoms with Crippen LogP contribution in [0.3, 0.4) is 0 Å². The standard InChI is InChI=1S/C24H28FN5O5S/c1-14(2)17-10-16(25)11-18(15-7-8-26-22(9-15)35-6)19(17)12-21(31)28-36(33,34)23-13-20(30(5)27-23)24(32)29(3)4/h7-11,13-14H,12H2,1-6H3,(H,28,31). The summed E-state index contributed by atoms with van der Waals surface area (Å²) >= 11 is 0. The lowest BCUT2D eigenvalue weighted by molar-refractivity contribution is -0.118. The maximum absolute atomic E-state index is 14.5. The number of ether oxygens (including phenoxy) is 1. The van der Waals surface area contributed by atoms with Crippen LogP contribution in [-0.2, 0) is 28.3 Å². The van der Waals surface area contributed by atoms with Crippen LogP contribution >= 0.6 is 0 Å². The second kappa shape index (κ2) is 10.4. The van der Waals surface area contributed by atoms with Gasteiger partial charge in [-0.25, -0.2) is 14.1 Å². The van der Waals surface area contributed by atoms with Crippen molar-refractivity contribution in [2.45, 2.75) is 31.2 Å². The Kier molecular flexibility index (Phi) is 7.77. The number of rotatable bonds is 8. The molecule has 0 aliphatic heterocycles. The summed E-state index contributed by atoms with van der Waals surface area (Å²) in [6, 6.07) is 6.98. The van der Waals surface area contributed by atoms with Gasteiger partial charge in [-0.1, -0.05) is 13.8 Å². The van der Waals surface area contributed by atoms with Crippen molar-refractivity contribution in [2.75, 3.05) is 21.2 Å². The third kappa shape index (κ3) is 5.70. The number of methoxy groups -OCH3 is 1. The number of hydrogen-bond acceptors (Lipinski definition) is 7. The number of amides is 2. The number of sulfonamides is 1. The summed E-state index contributed by atoms with van der Waals surface area (Å²) in [4.78, 5) is 30.6. The Labute approximate surface area is 209 Å². The number of nitrogens with one attached hydrogen (secondary N) is 1. The van der Waals surface area contributed by atoms with E-state index in [9.17, 15) is 22.4 Å². The molecule has 0 atom stereocenters. The van der Waals surface area contributed by atoms with Crippen molar-refractivity contribution < 1.29 is 27.1 Å². The van der Waals surface area contributed by atoms with Crippen molar-refractivity contribution >= 4 is 21.8 Å². The highest BCUT2D eigenvalue weighted by molar-refractivity contribution is 7.90. The molecule has 0 radical (unpaired) electrons. The minimum Gasteiger partial charge on any atom is -0.481 e.